The van der Waals surface area contributed by atoms with Crippen LogP contribution >= 0.6 is 48.0 Å². The monoisotopic (exact) mass is 445 g/mol. The first kappa shape index (κ1) is 21.5. The number of nitrogens with one attached hydrogen (secondary N) is 1. The minimum absolute atomic E-state index is 0. The molecule has 3 aromatic rings. The van der Waals surface area contributed by atoms with Gasteiger partial charge in [0.05, 0.1) is 33.4 Å². The second kappa shape index (κ2) is 8.49. The second-order valence-electron chi connectivity index (χ2n) is 5.64. The molecule has 1 atom stereocenters. The smallest absolute Gasteiger partial charge is 0.260 e. The molecule has 11 heteroatoms. The highest BCUT2D eigenvalue weighted by molar-refractivity contribution is 7.59. The molecule has 6 N–H and O–H groups in total. The number of primary amides is 1. The van der Waals surface area contributed by atoms with E-state index in [-0.39, 0.29) is 42.7 Å². The van der Waals surface area contributed by atoms with Crippen molar-refractivity contribution in [3.8, 4) is 11.3 Å². The predicted octanol–water partition coefficient (Wildman–Crippen LogP) is 3.25. The lowest BCUT2D eigenvalue weighted by atomic mass is 10.1. The number of hydrogen-bond acceptors (Lipinski definition) is 7. The van der Waals surface area contributed by atoms with Gasteiger partial charge in [0.2, 0.25) is 5.95 Å². The van der Waals surface area contributed by atoms with Gasteiger partial charge in [0.25, 0.3) is 5.91 Å². The first-order valence-corrected chi connectivity index (χ1v) is 9.11. The van der Waals surface area contributed by atoms with E-state index in [0.717, 1.165) is 11.3 Å². The standard InChI is InChI=1S/C16H15Cl2N5O2S.H2S/c1-6(5-24)21-16-22-12(7-2-3-8(17)9(18)4-7)10-11(19)13(14(20)25)26-15(10)23-16;/h2-4,6,24H,5,19H2,1H3,(H2,20,25)(H,21,22,23);1H2/t6-;/m0./s1. The summed E-state index contributed by atoms with van der Waals surface area (Å²) in [6.45, 7) is 1.69. The van der Waals surface area contributed by atoms with Gasteiger partial charge < -0.3 is 21.9 Å². The topological polar surface area (TPSA) is 127 Å². The Bertz CT molecular complexity index is 1010. The summed E-state index contributed by atoms with van der Waals surface area (Å²) in [7, 11) is 0. The van der Waals surface area contributed by atoms with Crippen molar-refractivity contribution in [2.24, 2.45) is 5.73 Å². The zero-order chi connectivity index (χ0) is 19.0. The molecule has 144 valence electrons. The average Bonchev–Trinajstić information content (AvgIpc) is 2.93. The van der Waals surface area contributed by atoms with Crippen molar-refractivity contribution >= 4 is 75.8 Å². The van der Waals surface area contributed by atoms with Crippen LogP contribution in [0.1, 0.15) is 16.6 Å². The van der Waals surface area contributed by atoms with Crippen LogP contribution in [0.15, 0.2) is 18.2 Å². The van der Waals surface area contributed by atoms with Gasteiger partial charge in [-0.05, 0) is 19.1 Å². The minimum atomic E-state index is -0.635. The molecule has 0 unspecified atom stereocenters. The first-order chi connectivity index (χ1) is 12.3. The highest BCUT2D eigenvalue weighted by atomic mass is 35.5. The van der Waals surface area contributed by atoms with Gasteiger partial charge in [0.1, 0.15) is 9.71 Å². The number of aliphatic hydroxyl groups is 1. The van der Waals surface area contributed by atoms with Crippen molar-refractivity contribution in [3.63, 3.8) is 0 Å². The summed E-state index contributed by atoms with van der Waals surface area (Å²) in [5, 5.41) is 13.5. The molecule has 7 nitrogen and oxygen atoms in total. The number of amides is 1. The van der Waals surface area contributed by atoms with E-state index in [9.17, 15) is 9.90 Å². The third kappa shape index (κ3) is 4.22. The summed E-state index contributed by atoms with van der Waals surface area (Å²) in [6.07, 6.45) is 0. The molecule has 0 saturated heterocycles. The number of carbonyl (C=O) groups excluding carboxylic acids is 1. The number of thiophene rings is 1. The second-order valence-corrected chi connectivity index (χ2v) is 7.46. The minimum Gasteiger partial charge on any atom is -0.397 e. The van der Waals surface area contributed by atoms with Gasteiger partial charge in [-0.15, -0.1) is 11.3 Å². The van der Waals surface area contributed by atoms with Crippen LogP contribution in [0.5, 0.6) is 0 Å². The summed E-state index contributed by atoms with van der Waals surface area (Å²) < 4.78 is 0. The Morgan fingerprint density at radius 3 is 2.63 bits per heavy atom. The molecule has 3 rings (SSSR count). The van der Waals surface area contributed by atoms with Crippen LogP contribution in [0.4, 0.5) is 11.6 Å². The molecule has 0 aliphatic carbocycles. The van der Waals surface area contributed by atoms with Crippen molar-refractivity contribution in [1.82, 2.24) is 9.97 Å². The molecule has 1 amide bonds. The molecule has 2 aromatic heterocycles. The van der Waals surface area contributed by atoms with Crippen LogP contribution in [0.2, 0.25) is 10.0 Å². The maximum absolute atomic E-state index is 11.7. The van der Waals surface area contributed by atoms with E-state index in [4.69, 9.17) is 34.7 Å². The average molecular weight is 446 g/mol. The van der Waals surface area contributed by atoms with E-state index in [1.54, 1.807) is 25.1 Å². The number of nitrogen functional groups attached to an aromatic ring is 1. The molecular weight excluding hydrogens is 429 g/mol. The fraction of sp³-hybridized carbons (Fsp3) is 0.188. The lowest BCUT2D eigenvalue weighted by molar-refractivity contribution is 0.100. The fourth-order valence-corrected chi connectivity index (χ4v) is 3.63. The number of aliphatic hydroxyl groups excluding tert-OH is 1. The van der Waals surface area contributed by atoms with Crippen LogP contribution in [0.25, 0.3) is 21.5 Å². The van der Waals surface area contributed by atoms with Crippen molar-refractivity contribution in [1.29, 1.82) is 0 Å². The van der Waals surface area contributed by atoms with Gasteiger partial charge in [0, 0.05) is 11.6 Å². The summed E-state index contributed by atoms with van der Waals surface area (Å²) >= 11 is 13.2. The number of carbonyl (C=O) groups is 1. The Labute approximate surface area is 176 Å². The van der Waals surface area contributed by atoms with E-state index < -0.39 is 5.91 Å². The molecule has 0 aliphatic rings. The van der Waals surface area contributed by atoms with Crippen molar-refractivity contribution in [3.05, 3.63) is 33.1 Å². The molecule has 0 spiro atoms. The van der Waals surface area contributed by atoms with Crippen molar-refractivity contribution in [2.75, 3.05) is 17.7 Å². The van der Waals surface area contributed by atoms with Gasteiger partial charge in [-0.2, -0.15) is 13.5 Å². The van der Waals surface area contributed by atoms with Crippen LogP contribution in [-0.4, -0.2) is 33.6 Å². The van der Waals surface area contributed by atoms with E-state index in [2.05, 4.69) is 15.3 Å². The molecule has 0 bridgehead atoms. The van der Waals surface area contributed by atoms with E-state index in [1.807, 2.05) is 0 Å². The lowest BCUT2D eigenvalue weighted by Gasteiger charge is -2.13. The van der Waals surface area contributed by atoms with Crippen LogP contribution in [-0.2, 0) is 0 Å². The van der Waals surface area contributed by atoms with E-state index in [1.165, 1.54) is 0 Å². The fourth-order valence-electron chi connectivity index (χ4n) is 2.39. The zero-order valence-electron chi connectivity index (χ0n) is 14.1. The number of fused-ring (bicyclic) bond motifs is 1. The van der Waals surface area contributed by atoms with Gasteiger partial charge in [0.15, 0.2) is 0 Å². The summed E-state index contributed by atoms with van der Waals surface area (Å²) in [5.74, 6) is -0.346. The third-order valence-electron chi connectivity index (χ3n) is 3.65. The van der Waals surface area contributed by atoms with Crippen LogP contribution < -0.4 is 16.8 Å². The van der Waals surface area contributed by atoms with E-state index in [0.29, 0.717) is 31.5 Å². The molecule has 27 heavy (non-hydrogen) atoms. The third-order valence-corrected chi connectivity index (χ3v) is 5.51. The summed E-state index contributed by atoms with van der Waals surface area (Å²) in [6, 6.07) is 4.79. The normalized spacial score (nSPS) is 11.9. The molecule has 0 aliphatic heterocycles. The zero-order valence-corrected chi connectivity index (χ0v) is 17.4. The van der Waals surface area contributed by atoms with E-state index >= 15 is 0 Å². The molecule has 0 radical (unpaired) electrons. The Morgan fingerprint density at radius 1 is 1.33 bits per heavy atom. The van der Waals surface area contributed by atoms with Gasteiger partial charge in [-0.3, -0.25) is 4.79 Å². The Kier molecular flexibility index (Phi) is 6.77. The molecular formula is C16H17Cl2N5O2S2. The number of halogens is 2. The number of benzene rings is 1. The quantitative estimate of drug-likeness (QED) is 0.477. The number of nitrogens with zero attached hydrogens (tertiary/aromatic N) is 2. The highest BCUT2D eigenvalue weighted by Gasteiger charge is 2.21. The molecule has 0 saturated carbocycles. The van der Waals surface area contributed by atoms with Gasteiger partial charge in [-0.25, -0.2) is 9.97 Å². The predicted molar refractivity (Wildman–Crippen MR) is 116 cm³/mol. The molecule has 2 heterocycles. The van der Waals surface area contributed by atoms with Crippen LogP contribution in [0.3, 0.4) is 0 Å². The highest BCUT2D eigenvalue weighted by Crippen LogP contribution is 2.40. The number of rotatable bonds is 5. The van der Waals surface area contributed by atoms with Crippen LogP contribution in [0, 0.1) is 0 Å². The maximum atomic E-state index is 11.7. The maximum Gasteiger partial charge on any atom is 0.260 e. The van der Waals surface area contributed by atoms with Crippen molar-refractivity contribution in [2.45, 2.75) is 13.0 Å². The number of nitrogens with two attached hydrogens (primary N) is 2. The molecule has 0 fully saturated rings. The molecule has 1 aromatic carbocycles. The largest absolute Gasteiger partial charge is 0.397 e. The van der Waals surface area contributed by atoms with Gasteiger partial charge in [-0.1, -0.05) is 29.3 Å². The Hall–Kier alpha value is -1.78. The number of anilines is 2. The SMILES string of the molecule is C[C@@H](CO)Nc1nc(-c2ccc(Cl)c(Cl)c2)c2c(N)c(C(N)=O)sc2n1.S. The summed E-state index contributed by atoms with van der Waals surface area (Å²) in [4.78, 5) is 21.3. The van der Waals surface area contributed by atoms with Crippen molar-refractivity contribution < 1.29 is 9.90 Å². The number of hydrogen-bond donors (Lipinski definition) is 4. The van der Waals surface area contributed by atoms with Gasteiger partial charge >= 0.3 is 0 Å². The lowest BCUT2D eigenvalue weighted by Crippen LogP contribution is -2.21. The first-order valence-electron chi connectivity index (χ1n) is 7.54. The number of aromatic nitrogens is 2. The Balaban J connectivity index is 0.00000261. The summed E-state index contributed by atoms with van der Waals surface area (Å²) in [5.41, 5.74) is 12.9. The Morgan fingerprint density at radius 2 is 2.04 bits per heavy atom.